The molecule has 0 aromatic heterocycles. The van der Waals surface area contributed by atoms with Crippen molar-refractivity contribution in [1.82, 2.24) is 10.6 Å². The standard InChI is InChI=1S/C10H21N3O2/c11-4-2-1-3-8-6-13-9(7-12-8)5-10(14)15/h8-9,12-13H,1-7,11H2,(H,14,15)/t8-,9-/m0/s1. The first-order chi connectivity index (χ1) is 7.22. The molecule has 1 fully saturated rings. The minimum atomic E-state index is -0.740. The van der Waals surface area contributed by atoms with Crippen LogP contribution in [0, 0.1) is 0 Å². The second-order valence-electron chi connectivity index (χ2n) is 4.09. The Morgan fingerprint density at radius 1 is 1.27 bits per heavy atom. The van der Waals surface area contributed by atoms with Gasteiger partial charge in [-0.15, -0.1) is 0 Å². The molecular weight excluding hydrogens is 194 g/mol. The molecule has 1 aliphatic heterocycles. The second-order valence-corrected chi connectivity index (χ2v) is 4.09. The van der Waals surface area contributed by atoms with Crippen molar-refractivity contribution in [2.45, 2.75) is 37.8 Å². The van der Waals surface area contributed by atoms with Crippen LogP contribution in [-0.4, -0.2) is 42.8 Å². The van der Waals surface area contributed by atoms with Crippen LogP contribution in [0.1, 0.15) is 25.7 Å². The smallest absolute Gasteiger partial charge is 0.304 e. The summed E-state index contributed by atoms with van der Waals surface area (Å²) in [6.45, 7) is 2.36. The molecule has 0 amide bonds. The molecule has 0 radical (unpaired) electrons. The molecule has 0 aromatic rings. The SMILES string of the molecule is NCCCC[C@H]1CN[C@@H](CC(=O)O)CN1. The molecule has 1 rings (SSSR count). The first-order valence-corrected chi connectivity index (χ1v) is 5.61. The Hall–Kier alpha value is -0.650. The number of hydrogen-bond acceptors (Lipinski definition) is 4. The third-order valence-corrected chi connectivity index (χ3v) is 2.73. The van der Waals surface area contributed by atoms with Crippen molar-refractivity contribution < 1.29 is 9.90 Å². The maximum absolute atomic E-state index is 10.5. The Morgan fingerprint density at radius 2 is 1.93 bits per heavy atom. The summed E-state index contributed by atoms with van der Waals surface area (Å²) in [7, 11) is 0. The Bertz CT molecular complexity index is 191. The summed E-state index contributed by atoms with van der Waals surface area (Å²) in [5.41, 5.74) is 5.42. The van der Waals surface area contributed by atoms with Gasteiger partial charge in [-0.25, -0.2) is 0 Å². The molecule has 2 atom stereocenters. The van der Waals surface area contributed by atoms with Gasteiger partial charge in [0.15, 0.2) is 0 Å². The fraction of sp³-hybridized carbons (Fsp3) is 0.900. The number of carbonyl (C=O) groups is 1. The van der Waals surface area contributed by atoms with E-state index in [2.05, 4.69) is 10.6 Å². The Kier molecular flexibility index (Phi) is 5.60. The summed E-state index contributed by atoms with van der Waals surface area (Å²) in [6, 6.07) is 0.551. The van der Waals surface area contributed by atoms with Gasteiger partial charge >= 0.3 is 5.97 Å². The number of carboxylic acids is 1. The highest BCUT2D eigenvalue weighted by atomic mass is 16.4. The highest BCUT2D eigenvalue weighted by molar-refractivity contribution is 5.67. The highest BCUT2D eigenvalue weighted by Crippen LogP contribution is 2.05. The average molecular weight is 215 g/mol. The van der Waals surface area contributed by atoms with Crippen LogP contribution in [0.15, 0.2) is 0 Å². The summed E-state index contributed by atoms with van der Waals surface area (Å²) in [5.74, 6) is -0.740. The minimum absolute atomic E-state index is 0.0771. The first-order valence-electron chi connectivity index (χ1n) is 5.61. The number of piperazine rings is 1. The molecule has 1 aliphatic rings. The van der Waals surface area contributed by atoms with Gasteiger partial charge in [-0.3, -0.25) is 4.79 Å². The summed E-state index contributed by atoms with van der Waals surface area (Å²) in [5, 5.41) is 15.2. The molecule has 0 saturated carbocycles. The van der Waals surface area contributed by atoms with Crippen LogP contribution >= 0.6 is 0 Å². The lowest BCUT2D eigenvalue weighted by Gasteiger charge is -2.30. The lowest BCUT2D eigenvalue weighted by molar-refractivity contribution is -0.137. The summed E-state index contributed by atoms with van der Waals surface area (Å²) < 4.78 is 0. The van der Waals surface area contributed by atoms with Gasteiger partial charge in [-0.05, 0) is 19.4 Å². The van der Waals surface area contributed by atoms with E-state index < -0.39 is 5.97 Å². The van der Waals surface area contributed by atoms with Crippen LogP contribution in [0.25, 0.3) is 0 Å². The molecular formula is C10H21N3O2. The number of nitrogens with two attached hydrogens (primary N) is 1. The Labute approximate surface area is 90.4 Å². The van der Waals surface area contributed by atoms with Crippen molar-refractivity contribution in [3.05, 3.63) is 0 Å². The second kappa shape index (κ2) is 6.76. The molecule has 0 spiro atoms. The van der Waals surface area contributed by atoms with Gasteiger partial charge in [-0.1, -0.05) is 6.42 Å². The van der Waals surface area contributed by atoms with E-state index in [-0.39, 0.29) is 12.5 Å². The molecule has 0 unspecified atom stereocenters. The number of unbranched alkanes of at least 4 members (excludes halogenated alkanes) is 1. The topological polar surface area (TPSA) is 87.4 Å². The van der Waals surface area contributed by atoms with E-state index in [1.54, 1.807) is 0 Å². The van der Waals surface area contributed by atoms with Crippen LogP contribution in [-0.2, 0) is 4.79 Å². The van der Waals surface area contributed by atoms with Crippen molar-refractivity contribution in [3.63, 3.8) is 0 Å². The number of nitrogens with one attached hydrogen (secondary N) is 2. The molecule has 15 heavy (non-hydrogen) atoms. The molecule has 1 heterocycles. The minimum Gasteiger partial charge on any atom is -0.481 e. The van der Waals surface area contributed by atoms with E-state index >= 15 is 0 Å². The van der Waals surface area contributed by atoms with E-state index in [1.165, 1.54) is 0 Å². The van der Waals surface area contributed by atoms with Gasteiger partial charge in [0.1, 0.15) is 0 Å². The van der Waals surface area contributed by atoms with Crippen LogP contribution in [0.5, 0.6) is 0 Å². The predicted molar refractivity (Wildman–Crippen MR) is 58.7 cm³/mol. The summed E-state index contributed by atoms with van der Waals surface area (Å²) >= 11 is 0. The number of rotatable bonds is 6. The number of carboxylic acid groups (broad SMARTS) is 1. The summed E-state index contributed by atoms with van der Waals surface area (Å²) in [6.07, 6.45) is 3.52. The molecule has 0 aromatic carbocycles. The first kappa shape index (κ1) is 12.4. The van der Waals surface area contributed by atoms with Crippen LogP contribution in [0.4, 0.5) is 0 Å². The lowest BCUT2D eigenvalue weighted by Crippen LogP contribution is -2.54. The highest BCUT2D eigenvalue weighted by Gasteiger charge is 2.20. The van der Waals surface area contributed by atoms with Gasteiger partial charge in [0.25, 0.3) is 0 Å². The fourth-order valence-electron chi connectivity index (χ4n) is 1.86. The van der Waals surface area contributed by atoms with E-state index in [0.29, 0.717) is 6.04 Å². The fourth-order valence-corrected chi connectivity index (χ4v) is 1.86. The third-order valence-electron chi connectivity index (χ3n) is 2.73. The van der Waals surface area contributed by atoms with Crippen molar-refractivity contribution in [2.75, 3.05) is 19.6 Å². The Morgan fingerprint density at radius 3 is 2.47 bits per heavy atom. The molecule has 5 N–H and O–H groups in total. The van der Waals surface area contributed by atoms with E-state index in [0.717, 1.165) is 38.9 Å². The molecule has 88 valence electrons. The van der Waals surface area contributed by atoms with Gasteiger partial charge in [-0.2, -0.15) is 0 Å². The predicted octanol–water partition coefficient (Wildman–Crippen LogP) is -0.480. The van der Waals surface area contributed by atoms with Crippen molar-refractivity contribution in [3.8, 4) is 0 Å². The lowest BCUT2D eigenvalue weighted by atomic mass is 10.0. The van der Waals surface area contributed by atoms with E-state index in [4.69, 9.17) is 10.8 Å². The van der Waals surface area contributed by atoms with Gasteiger partial charge in [0.2, 0.25) is 0 Å². The van der Waals surface area contributed by atoms with Crippen LogP contribution < -0.4 is 16.4 Å². The molecule has 0 bridgehead atoms. The monoisotopic (exact) mass is 215 g/mol. The van der Waals surface area contributed by atoms with Crippen LogP contribution in [0.3, 0.4) is 0 Å². The third kappa shape index (κ3) is 5.11. The number of aliphatic carboxylic acids is 1. The average Bonchev–Trinajstić information content (AvgIpc) is 2.20. The molecule has 0 aliphatic carbocycles. The normalized spacial score (nSPS) is 26.5. The quantitative estimate of drug-likeness (QED) is 0.450. The van der Waals surface area contributed by atoms with Crippen LogP contribution in [0.2, 0.25) is 0 Å². The molecule has 1 saturated heterocycles. The zero-order valence-electron chi connectivity index (χ0n) is 9.04. The maximum Gasteiger partial charge on any atom is 0.304 e. The summed E-state index contributed by atoms with van der Waals surface area (Å²) in [4.78, 5) is 10.5. The van der Waals surface area contributed by atoms with E-state index in [9.17, 15) is 4.79 Å². The van der Waals surface area contributed by atoms with Crippen molar-refractivity contribution in [2.24, 2.45) is 5.73 Å². The molecule has 5 heteroatoms. The Balaban J connectivity index is 2.10. The zero-order valence-corrected chi connectivity index (χ0v) is 9.04. The van der Waals surface area contributed by atoms with Gasteiger partial charge in [0.05, 0.1) is 6.42 Å². The van der Waals surface area contributed by atoms with Crippen molar-refractivity contribution >= 4 is 5.97 Å². The van der Waals surface area contributed by atoms with Gasteiger partial charge in [0, 0.05) is 25.2 Å². The number of hydrogen-bond donors (Lipinski definition) is 4. The van der Waals surface area contributed by atoms with E-state index in [1.807, 2.05) is 0 Å². The zero-order chi connectivity index (χ0) is 11.1. The maximum atomic E-state index is 10.5. The molecule has 5 nitrogen and oxygen atoms in total. The largest absolute Gasteiger partial charge is 0.481 e. The van der Waals surface area contributed by atoms with Gasteiger partial charge < -0.3 is 21.5 Å². The van der Waals surface area contributed by atoms with Crippen molar-refractivity contribution in [1.29, 1.82) is 0 Å².